The lowest BCUT2D eigenvalue weighted by Crippen LogP contribution is -2.35. The molecule has 4 rings (SSSR count). The van der Waals surface area contributed by atoms with Gasteiger partial charge in [-0.1, -0.05) is 12.8 Å². The number of aromatic nitrogens is 1. The Labute approximate surface area is 147 Å². The zero-order chi connectivity index (χ0) is 17.4. The van der Waals surface area contributed by atoms with E-state index in [0.717, 1.165) is 55.7 Å². The smallest absolute Gasteiger partial charge is 0.257 e. The summed E-state index contributed by atoms with van der Waals surface area (Å²) in [7, 11) is 0. The lowest BCUT2D eigenvalue weighted by atomic mass is 9.92. The molecule has 0 spiro atoms. The average Bonchev–Trinajstić information content (AvgIpc) is 3.16. The predicted molar refractivity (Wildman–Crippen MR) is 93.8 cm³/mol. The van der Waals surface area contributed by atoms with Gasteiger partial charge in [-0.05, 0) is 44.7 Å². The monoisotopic (exact) mass is 340 g/mol. The van der Waals surface area contributed by atoms with Gasteiger partial charge in [-0.15, -0.1) is 0 Å². The number of likely N-dealkylation sites (tertiary alicyclic amines) is 1. The molecule has 1 fully saturated rings. The number of furan rings is 1. The van der Waals surface area contributed by atoms with Crippen LogP contribution in [0.4, 0.5) is 0 Å². The summed E-state index contributed by atoms with van der Waals surface area (Å²) >= 11 is 0. The number of hydrogen-bond donors (Lipinski definition) is 1. The van der Waals surface area contributed by atoms with Crippen LogP contribution in [0.3, 0.4) is 0 Å². The maximum atomic E-state index is 13.5. The van der Waals surface area contributed by atoms with Crippen molar-refractivity contribution in [2.75, 3.05) is 6.54 Å². The van der Waals surface area contributed by atoms with E-state index >= 15 is 0 Å². The first-order valence-corrected chi connectivity index (χ1v) is 9.26. The van der Waals surface area contributed by atoms with Crippen molar-refractivity contribution >= 4 is 11.7 Å². The second-order valence-electron chi connectivity index (χ2n) is 7.13. The van der Waals surface area contributed by atoms with E-state index in [1.165, 1.54) is 0 Å². The Bertz CT molecular complexity index is 788. The Kier molecular flexibility index (Phi) is 4.24. The molecule has 2 aliphatic rings. The third-order valence-electron chi connectivity index (χ3n) is 5.47. The van der Waals surface area contributed by atoms with Crippen LogP contribution in [0.5, 0.6) is 0 Å². The summed E-state index contributed by atoms with van der Waals surface area (Å²) in [5.74, 6) is 0.899. The minimum Gasteiger partial charge on any atom is -0.467 e. The first-order chi connectivity index (χ1) is 12.2. The van der Waals surface area contributed by atoms with Crippen molar-refractivity contribution in [3.05, 3.63) is 46.7 Å². The molecule has 1 aliphatic heterocycles. The maximum absolute atomic E-state index is 13.5. The molecule has 2 aromatic heterocycles. The zero-order valence-corrected chi connectivity index (χ0v) is 14.6. The average molecular weight is 340 g/mol. The van der Waals surface area contributed by atoms with Crippen molar-refractivity contribution in [1.29, 1.82) is 0 Å². The van der Waals surface area contributed by atoms with Crippen LogP contribution in [-0.4, -0.2) is 28.1 Å². The lowest BCUT2D eigenvalue weighted by Gasteiger charge is -2.29. The summed E-state index contributed by atoms with van der Waals surface area (Å²) in [4.78, 5) is 31.2. The number of amides is 1. The molecular weight excluding hydrogens is 316 g/mol. The van der Waals surface area contributed by atoms with Crippen molar-refractivity contribution in [1.82, 2.24) is 9.88 Å². The van der Waals surface area contributed by atoms with Crippen LogP contribution in [0.25, 0.3) is 0 Å². The fourth-order valence-corrected chi connectivity index (χ4v) is 4.27. The summed E-state index contributed by atoms with van der Waals surface area (Å²) < 4.78 is 5.62. The van der Waals surface area contributed by atoms with Crippen molar-refractivity contribution in [2.45, 2.75) is 57.9 Å². The van der Waals surface area contributed by atoms with Crippen molar-refractivity contribution in [2.24, 2.45) is 0 Å². The molecule has 0 aromatic carbocycles. The molecule has 25 heavy (non-hydrogen) atoms. The Morgan fingerprint density at radius 1 is 1.24 bits per heavy atom. The normalized spacial score (nSPS) is 21.1. The first-order valence-electron chi connectivity index (χ1n) is 9.26. The number of fused-ring (bicyclic) bond motifs is 1. The highest BCUT2D eigenvalue weighted by atomic mass is 16.3. The number of ketones is 1. The third kappa shape index (κ3) is 2.81. The van der Waals surface area contributed by atoms with Crippen LogP contribution in [0.2, 0.25) is 0 Å². The molecule has 132 valence electrons. The third-order valence-corrected chi connectivity index (χ3v) is 5.47. The summed E-state index contributed by atoms with van der Waals surface area (Å²) in [5, 5.41) is 0. The molecule has 2 aromatic rings. The molecule has 1 amide bonds. The number of carbonyl (C=O) groups excluding carboxylic acids is 2. The minimum absolute atomic E-state index is 0.0338. The van der Waals surface area contributed by atoms with Gasteiger partial charge >= 0.3 is 0 Å². The Morgan fingerprint density at radius 3 is 2.92 bits per heavy atom. The SMILES string of the molecule is Cc1[nH]c2c(c1C(=O)N1CCCCCC1c1ccco1)C(=O)CCC2. The molecule has 0 saturated carbocycles. The molecule has 1 aliphatic carbocycles. The van der Waals surface area contributed by atoms with Crippen molar-refractivity contribution in [3.63, 3.8) is 0 Å². The molecule has 0 bridgehead atoms. The van der Waals surface area contributed by atoms with Gasteiger partial charge in [0.2, 0.25) is 0 Å². The highest BCUT2D eigenvalue weighted by Crippen LogP contribution is 2.34. The number of aromatic amines is 1. The van der Waals surface area contributed by atoms with E-state index in [2.05, 4.69) is 4.98 Å². The van der Waals surface area contributed by atoms with E-state index < -0.39 is 0 Å². The Morgan fingerprint density at radius 2 is 2.12 bits per heavy atom. The van der Waals surface area contributed by atoms with Gasteiger partial charge in [0.05, 0.1) is 23.4 Å². The minimum atomic E-state index is -0.0476. The highest BCUT2D eigenvalue weighted by molar-refractivity contribution is 6.10. The second kappa shape index (κ2) is 6.54. The fraction of sp³-hybridized carbons (Fsp3) is 0.500. The molecule has 0 radical (unpaired) electrons. The standard InChI is InChI=1S/C20H24N2O3/c1-13-18(19-14(21-13)7-5-9-16(19)23)20(24)22-11-4-2-3-8-15(22)17-10-6-12-25-17/h6,10,12,15,21H,2-5,7-9,11H2,1H3. The molecule has 5 nitrogen and oxygen atoms in total. The second-order valence-corrected chi connectivity index (χ2v) is 7.13. The van der Waals surface area contributed by atoms with Crippen LogP contribution >= 0.6 is 0 Å². The maximum Gasteiger partial charge on any atom is 0.257 e. The van der Waals surface area contributed by atoms with E-state index in [4.69, 9.17) is 4.42 Å². The van der Waals surface area contributed by atoms with Gasteiger partial charge in [0, 0.05) is 24.4 Å². The number of rotatable bonds is 2. The van der Waals surface area contributed by atoms with Gasteiger partial charge in [-0.2, -0.15) is 0 Å². The number of nitrogens with one attached hydrogen (secondary N) is 1. The number of hydrogen-bond acceptors (Lipinski definition) is 3. The van der Waals surface area contributed by atoms with E-state index in [0.29, 0.717) is 24.1 Å². The topological polar surface area (TPSA) is 66.3 Å². The van der Waals surface area contributed by atoms with Crippen LogP contribution in [0.15, 0.2) is 22.8 Å². The summed E-state index contributed by atoms with van der Waals surface area (Å²) in [6.07, 6.45) is 7.99. The summed E-state index contributed by atoms with van der Waals surface area (Å²) in [6, 6.07) is 3.77. The number of nitrogens with zero attached hydrogens (tertiary/aromatic N) is 1. The number of carbonyl (C=O) groups is 2. The van der Waals surface area contributed by atoms with E-state index in [-0.39, 0.29) is 17.7 Å². The van der Waals surface area contributed by atoms with Crippen LogP contribution in [0, 0.1) is 6.92 Å². The largest absolute Gasteiger partial charge is 0.467 e. The van der Waals surface area contributed by atoms with E-state index in [9.17, 15) is 9.59 Å². The molecule has 1 N–H and O–H groups in total. The first kappa shape index (κ1) is 16.2. The predicted octanol–water partition coefficient (Wildman–Crippen LogP) is 4.19. The summed E-state index contributed by atoms with van der Waals surface area (Å²) in [6.45, 7) is 2.61. The molecular formula is C20H24N2O3. The highest BCUT2D eigenvalue weighted by Gasteiger charge is 2.35. The number of Topliss-reactive ketones (excluding diaryl/α,β-unsaturated/α-hetero) is 1. The van der Waals surface area contributed by atoms with Gasteiger partial charge in [-0.25, -0.2) is 0 Å². The lowest BCUT2D eigenvalue weighted by molar-refractivity contribution is 0.0653. The Hall–Kier alpha value is -2.30. The van der Waals surface area contributed by atoms with E-state index in [1.54, 1.807) is 6.26 Å². The van der Waals surface area contributed by atoms with E-state index in [1.807, 2.05) is 24.0 Å². The fourth-order valence-electron chi connectivity index (χ4n) is 4.27. The van der Waals surface area contributed by atoms with Gasteiger partial charge in [0.15, 0.2) is 5.78 Å². The van der Waals surface area contributed by atoms with Gasteiger partial charge in [0.1, 0.15) is 5.76 Å². The van der Waals surface area contributed by atoms with Crippen molar-refractivity contribution in [3.8, 4) is 0 Å². The van der Waals surface area contributed by atoms with Crippen molar-refractivity contribution < 1.29 is 14.0 Å². The molecule has 3 heterocycles. The van der Waals surface area contributed by atoms with Crippen LogP contribution in [-0.2, 0) is 6.42 Å². The molecule has 5 heteroatoms. The number of aryl methyl sites for hydroxylation is 2. The molecule has 1 atom stereocenters. The van der Waals surface area contributed by atoms with Crippen LogP contribution < -0.4 is 0 Å². The molecule has 1 unspecified atom stereocenters. The molecule has 1 saturated heterocycles. The van der Waals surface area contributed by atoms with Gasteiger partial charge < -0.3 is 14.3 Å². The summed E-state index contributed by atoms with van der Waals surface area (Å²) in [5.41, 5.74) is 2.96. The Balaban J connectivity index is 1.74. The number of H-pyrrole nitrogens is 1. The van der Waals surface area contributed by atoms with Gasteiger partial charge in [0.25, 0.3) is 5.91 Å². The zero-order valence-electron chi connectivity index (χ0n) is 14.6. The quantitative estimate of drug-likeness (QED) is 0.891. The van der Waals surface area contributed by atoms with Gasteiger partial charge in [-0.3, -0.25) is 9.59 Å². The van der Waals surface area contributed by atoms with Crippen LogP contribution in [0.1, 0.15) is 82.4 Å².